The van der Waals surface area contributed by atoms with Crippen LogP contribution < -0.4 is 5.32 Å². The van der Waals surface area contributed by atoms with Gasteiger partial charge < -0.3 is 15.3 Å². The lowest BCUT2D eigenvalue weighted by molar-refractivity contribution is -0.141. The van der Waals surface area contributed by atoms with E-state index in [0.29, 0.717) is 25.8 Å². The minimum absolute atomic E-state index is 0.0123. The Bertz CT molecular complexity index is 281. The van der Waals surface area contributed by atoms with Gasteiger partial charge in [-0.15, -0.1) is 0 Å². The standard InChI is InChI=1S/C12H22N2O3/c1-3-14(2)7-6-13-11(15)9-4-5-10(8-9)12(16)17/h9-10H,3-8H2,1-2H3,(H,13,15)(H,16,17)/t9-,10+/m1/s1. The highest BCUT2D eigenvalue weighted by molar-refractivity contribution is 5.80. The maximum Gasteiger partial charge on any atom is 0.306 e. The highest BCUT2D eigenvalue weighted by Crippen LogP contribution is 2.30. The normalized spacial score (nSPS) is 23.9. The molecule has 98 valence electrons. The van der Waals surface area contributed by atoms with Crippen molar-refractivity contribution in [2.24, 2.45) is 11.8 Å². The molecular weight excluding hydrogens is 220 g/mol. The lowest BCUT2D eigenvalue weighted by atomic mass is 10.0. The number of carbonyl (C=O) groups is 2. The molecule has 1 aliphatic carbocycles. The summed E-state index contributed by atoms with van der Waals surface area (Å²) in [4.78, 5) is 24.7. The second-order valence-electron chi connectivity index (χ2n) is 4.73. The van der Waals surface area contributed by atoms with E-state index >= 15 is 0 Å². The number of hydrogen-bond acceptors (Lipinski definition) is 3. The summed E-state index contributed by atoms with van der Waals surface area (Å²) in [5.74, 6) is -1.20. The monoisotopic (exact) mass is 242 g/mol. The number of carboxylic acids is 1. The SMILES string of the molecule is CCN(C)CCNC(=O)[C@@H]1CC[C@H](C(=O)O)C1. The van der Waals surface area contributed by atoms with Gasteiger partial charge in [0.1, 0.15) is 0 Å². The third-order valence-electron chi connectivity index (χ3n) is 3.49. The smallest absolute Gasteiger partial charge is 0.306 e. The van der Waals surface area contributed by atoms with Crippen molar-refractivity contribution in [1.29, 1.82) is 0 Å². The van der Waals surface area contributed by atoms with Crippen molar-refractivity contribution in [2.45, 2.75) is 26.2 Å². The second kappa shape index (κ2) is 6.59. The number of carboxylic acid groups (broad SMARTS) is 1. The Morgan fingerprint density at radius 2 is 2.00 bits per heavy atom. The van der Waals surface area contributed by atoms with E-state index in [1.807, 2.05) is 7.05 Å². The van der Waals surface area contributed by atoms with Gasteiger partial charge in [-0.05, 0) is 32.9 Å². The van der Waals surface area contributed by atoms with Crippen LogP contribution in [0.25, 0.3) is 0 Å². The molecule has 5 nitrogen and oxygen atoms in total. The molecule has 0 heterocycles. The van der Waals surface area contributed by atoms with E-state index in [1.165, 1.54) is 0 Å². The number of hydrogen-bond donors (Lipinski definition) is 2. The molecular formula is C12H22N2O3. The Morgan fingerprint density at radius 1 is 1.35 bits per heavy atom. The van der Waals surface area contributed by atoms with Gasteiger partial charge in [-0.1, -0.05) is 6.92 Å². The molecule has 0 aliphatic heterocycles. The third kappa shape index (κ3) is 4.34. The summed E-state index contributed by atoms with van der Waals surface area (Å²) in [6.45, 7) is 4.49. The molecule has 0 aromatic rings. The summed E-state index contributed by atoms with van der Waals surface area (Å²) in [6.07, 6.45) is 1.82. The van der Waals surface area contributed by atoms with E-state index in [1.54, 1.807) is 0 Å². The number of amides is 1. The Balaban J connectivity index is 2.23. The minimum atomic E-state index is -0.772. The van der Waals surface area contributed by atoms with Crippen LogP contribution in [-0.2, 0) is 9.59 Å². The maximum absolute atomic E-state index is 11.8. The Hall–Kier alpha value is -1.10. The number of aliphatic carboxylic acids is 1. The molecule has 1 amide bonds. The lowest BCUT2D eigenvalue weighted by Crippen LogP contribution is -2.36. The molecule has 0 unspecified atom stereocenters. The molecule has 0 saturated heterocycles. The molecule has 17 heavy (non-hydrogen) atoms. The molecule has 1 rings (SSSR count). The zero-order valence-corrected chi connectivity index (χ0v) is 10.6. The molecule has 2 atom stereocenters. The predicted octanol–water partition coefficient (Wildman–Crippen LogP) is 0.555. The van der Waals surface area contributed by atoms with Crippen LogP contribution in [0, 0.1) is 11.8 Å². The van der Waals surface area contributed by atoms with Gasteiger partial charge in [-0.25, -0.2) is 0 Å². The molecule has 5 heteroatoms. The number of likely N-dealkylation sites (N-methyl/N-ethyl adjacent to an activating group) is 1. The summed E-state index contributed by atoms with van der Waals surface area (Å²) >= 11 is 0. The largest absolute Gasteiger partial charge is 0.481 e. The zero-order valence-electron chi connectivity index (χ0n) is 10.6. The van der Waals surface area contributed by atoms with Crippen LogP contribution in [-0.4, -0.2) is 48.6 Å². The summed E-state index contributed by atoms with van der Waals surface area (Å²) in [5.41, 5.74) is 0. The van der Waals surface area contributed by atoms with Crippen LogP contribution in [0.4, 0.5) is 0 Å². The van der Waals surface area contributed by atoms with E-state index < -0.39 is 5.97 Å². The van der Waals surface area contributed by atoms with Gasteiger partial charge in [0.25, 0.3) is 0 Å². The summed E-state index contributed by atoms with van der Waals surface area (Å²) in [7, 11) is 2.00. The molecule has 1 fully saturated rings. The molecule has 1 saturated carbocycles. The predicted molar refractivity (Wildman–Crippen MR) is 64.6 cm³/mol. The average molecular weight is 242 g/mol. The van der Waals surface area contributed by atoms with E-state index in [4.69, 9.17) is 5.11 Å². The quantitative estimate of drug-likeness (QED) is 0.714. The van der Waals surface area contributed by atoms with Crippen LogP contribution in [0.5, 0.6) is 0 Å². The summed E-state index contributed by atoms with van der Waals surface area (Å²) in [6, 6.07) is 0. The van der Waals surface area contributed by atoms with Gasteiger partial charge in [0.15, 0.2) is 0 Å². The van der Waals surface area contributed by atoms with Crippen molar-refractivity contribution in [3.8, 4) is 0 Å². The van der Waals surface area contributed by atoms with Crippen molar-refractivity contribution in [1.82, 2.24) is 10.2 Å². The van der Waals surface area contributed by atoms with Crippen molar-refractivity contribution in [2.75, 3.05) is 26.7 Å². The topological polar surface area (TPSA) is 69.6 Å². The Morgan fingerprint density at radius 3 is 2.53 bits per heavy atom. The van der Waals surface area contributed by atoms with Crippen LogP contribution in [0.2, 0.25) is 0 Å². The van der Waals surface area contributed by atoms with Gasteiger partial charge >= 0.3 is 5.97 Å². The fourth-order valence-electron chi connectivity index (χ4n) is 2.12. The number of nitrogens with one attached hydrogen (secondary N) is 1. The molecule has 1 aliphatic rings. The molecule has 2 N–H and O–H groups in total. The van der Waals surface area contributed by atoms with E-state index in [0.717, 1.165) is 13.1 Å². The van der Waals surface area contributed by atoms with Crippen molar-refractivity contribution < 1.29 is 14.7 Å². The van der Waals surface area contributed by atoms with Crippen LogP contribution in [0.15, 0.2) is 0 Å². The van der Waals surface area contributed by atoms with E-state index in [2.05, 4.69) is 17.1 Å². The van der Waals surface area contributed by atoms with Crippen LogP contribution in [0.3, 0.4) is 0 Å². The van der Waals surface area contributed by atoms with Crippen LogP contribution >= 0.6 is 0 Å². The molecule has 0 spiro atoms. The van der Waals surface area contributed by atoms with Gasteiger partial charge in [-0.3, -0.25) is 9.59 Å². The Kier molecular flexibility index (Phi) is 5.41. The number of nitrogens with zero attached hydrogens (tertiary/aromatic N) is 1. The third-order valence-corrected chi connectivity index (χ3v) is 3.49. The molecule has 0 aromatic heterocycles. The van der Waals surface area contributed by atoms with Crippen molar-refractivity contribution >= 4 is 11.9 Å². The lowest BCUT2D eigenvalue weighted by Gasteiger charge is -2.15. The van der Waals surface area contributed by atoms with Crippen LogP contribution in [0.1, 0.15) is 26.2 Å². The first-order valence-electron chi connectivity index (χ1n) is 6.23. The first-order chi connectivity index (χ1) is 8.04. The van der Waals surface area contributed by atoms with Gasteiger partial charge in [0.2, 0.25) is 5.91 Å². The molecule has 0 aromatic carbocycles. The highest BCUT2D eigenvalue weighted by atomic mass is 16.4. The number of carbonyl (C=O) groups excluding carboxylic acids is 1. The first kappa shape index (κ1) is 14.0. The maximum atomic E-state index is 11.8. The Labute approximate surface area is 102 Å². The van der Waals surface area contributed by atoms with Gasteiger partial charge in [-0.2, -0.15) is 0 Å². The first-order valence-corrected chi connectivity index (χ1v) is 6.23. The van der Waals surface area contributed by atoms with Crippen molar-refractivity contribution in [3.63, 3.8) is 0 Å². The van der Waals surface area contributed by atoms with E-state index in [9.17, 15) is 9.59 Å². The summed E-state index contributed by atoms with van der Waals surface area (Å²) < 4.78 is 0. The van der Waals surface area contributed by atoms with Gasteiger partial charge in [0, 0.05) is 19.0 Å². The average Bonchev–Trinajstić information content (AvgIpc) is 2.78. The minimum Gasteiger partial charge on any atom is -0.481 e. The fraction of sp³-hybridized carbons (Fsp3) is 0.833. The molecule has 0 radical (unpaired) electrons. The second-order valence-corrected chi connectivity index (χ2v) is 4.73. The zero-order chi connectivity index (χ0) is 12.8. The van der Waals surface area contributed by atoms with Gasteiger partial charge in [0.05, 0.1) is 5.92 Å². The number of rotatable bonds is 6. The fourth-order valence-corrected chi connectivity index (χ4v) is 2.12. The highest BCUT2D eigenvalue weighted by Gasteiger charge is 2.33. The molecule has 0 bridgehead atoms. The summed E-state index contributed by atoms with van der Waals surface area (Å²) in [5, 5.41) is 11.7. The van der Waals surface area contributed by atoms with Crippen molar-refractivity contribution in [3.05, 3.63) is 0 Å². The van der Waals surface area contributed by atoms with E-state index in [-0.39, 0.29) is 17.7 Å².